The molecular formula is C14H21NO. The Morgan fingerprint density at radius 3 is 2.38 bits per heavy atom. The van der Waals surface area contributed by atoms with Crippen molar-refractivity contribution in [2.75, 3.05) is 11.4 Å². The number of anilines is 1. The molecule has 1 amide bonds. The van der Waals surface area contributed by atoms with Gasteiger partial charge >= 0.3 is 0 Å². The smallest absolute Gasteiger partial charge is 0.226 e. The predicted molar refractivity (Wildman–Crippen MR) is 68.5 cm³/mol. The zero-order chi connectivity index (χ0) is 12.0. The fourth-order valence-electron chi connectivity index (χ4n) is 1.66. The van der Waals surface area contributed by atoms with Gasteiger partial charge in [0.05, 0.1) is 0 Å². The van der Waals surface area contributed by atoms with Gasteiger partial charge in [0.1, 0.15) is 0 Å². The molecule has 16 heavy (non-hydrogen) atoms. The fraction of sp³-hybridized carbons (Fsp3) is 0.500. The Morgan fingerprint density at radius 1 is 1.25 bits per heavy atom. The Balaban J connectivity index is 2.64. The Kier molecular flexibility index (Phi) is 5.03. The maximum absolute atomic E-state index is 12.0. The van der Waals surface area contributed by atoms with Crippen molar-refractivity contribution in [3.63, 3.8) is 0 Å². The van der Waals surface area contributed by atoms with E-state index in [4.69, 9.17) is 0 Å². The average Bonchev–Trinajstić information content (AvgIpc) is 2.29. The number of amides is 1. The fourth-order valence-corrected chi connectivity index (χ4v) is 1.66. The second kappa shape index (κ2) is 6.31. The second-order valence-corrected chi connectivity index (χ2v) is 4.41. The normalized spacial score (nSPS) is 10.5. The molecule has 0 N–H and O–H groups in total. The van der Waals surface area contributed by atoms with Gasteiger partial charge in [-0.2, -0.15) is 0 Å². The number of para-hydroxylation sites is 1. The van der Waals surface area contributed by atoms with Crippen LogP contribution in [0, 0.1) is 5.92 Å². The minimum atomic E-state index is 0.224. The van der Waals surface area contributed by atoms with Crippen LogP contribution in [-0.2, 0) is 4.79 Å². The third-order valence-corrected chi connectivity index (χ3v) is 2.62. The molecule has 1 aromatic rings. The molecular weight excluding hydrogens is 198 g/mol. The summed E-state index contributed by atoms with van der Waals surface area (Å²) >= 11 is 0. The van der Waals surface area contributed by atoms with E-state index in [9.17, 15) is 4.79 Å². The molecule has 1 rings (SSSR count). The van der Waals surface area contributed by atoms with Crippen LogP contribution in [0.3, 0.4) is 0 Å². The first-order valence-electron chi connectivity index (χ1n) is 6.00. The summed E-state index contributed by atoms with van der Waals surface area (Å²) < 4.78 is 0. The van der Waals surface area contributed by atoms with Crippen LogP contribution in [0.25, 0.3) is 0 Å². The summed E-state index contributed by atoms with van der Waals surface area (Å²) in [6.07, 6.45) is 1.60. The first-order chi connectivity index (χ1) is 7.65. The van der Waals surface area contributed by atoms with Gasteiger partial charge in [-0.3, -0.25) is 4.79 Å². The number of hydrogen-bond acceptors (Lipinski definition) is 1. The van der Waals surface area contributed by atoms with Crippen molar-refractivity contribution >= 4 is 11.6 Å². The summed E-state index contributed by atoms with van der Waals surface area (Å²) in [5.41, 5.74) is 0.999. The van der Waals surface area contributed by atoms with E-state index in [0.717, 1.165) is 18.7 Å². The van der Waals surface area contributed by atoms with Crippen molar-refractivity contribution in [2.45, 2.75) is 33.6 Å². The highest BCUT2D eigenvalue weighted by molar-refractivity contribution is 5.93. The Bertz CT molecular complexity index is 319. The van der Waals surface area contributed by atoms with Gasteiger partial charge in [-0.25, -0.2) is 0 Å². The predicted octanol–water partition coefficient (Wildman–Crippen LogP) is 3.48. The van der Waals surface area contributed by atoms with Crippen LogP contribution in [0.2, 0.25) is 0 Å². The zero-order valence-electron chi connectivity index (χ0n) is 10.4. The molecule has 0 aliphatic heterocycles. The molecule has 0 atom stereocenters. The highest BCUT2D eigenvalue weighted by Crippen LogP contribution is 2.15. The molecule has 0 fully saturated rings. The highest BCUT2D eigenvalue weighted by atomic mass is 16.2. The van der Waals surface area contributed by atoms with Gasteiger partial charge in [0.25, 0.3) is 0 Å². The number of hydrogen-bond donors (Lipinski definition) is 0. The number of carbonyl (C=O) groups excluding carboxylic acids is 1. The molecule has 88 valence electrons. The van der Waals surface area contributed by atoms with Crippen LogP contribution in [0.5, 0.6) is 0 Å². The van der Waals surface area contributed by atoms with Crippen LogP contribution in [0.1, 0.15) is 33.6 Å². The molecule has 2 heteroatoms. The van der Waals surface area contributed by atoms with Crippen molar-refractivity contribution in [3.05, 3.63) is 30.3 Å². The van der Waals surface area contributed by atoms with Crippen molar-refractivity contribution < 1.29 is 4.79 Å². The van der Waals surface area contributed by atoms with E-state index in [-0.39, 0.29) is 5.91 Å². The van der Waals surface area contributed by atoms with Crippen LogP contribution in [-0.4, -0.2) is 12.5 Å². The number of rotatable bonds is 5. The SMILES string of the molecule is CCN(C(=O)CCC(C)C)c1ccccc1. The first-order valence-corrected chi connectivity index (χ1v) is 6.00. The lowest BCUT2D eigenvalue weighted by Crippen LogP contribution is -2.30. The molecule has 0 radical (unpaired) electrons. The standard InChI is InChI=1S/C14H21NO/c1-4-15(13-8-6-5-7-9-13)14(16)11-10-12(2)3/h5-9,12H,4,10-11H2,1-3H3. The van der Waals surface area contributed by atoms with Gasteiger partial charge < -0.3 is 4.90 Å². The van der Waals surface area contributed by atoms with E-state index in [1.54, 1.807) is 0 Å². The van der Waals surface area contributed by atoms with Crippen LogP contribution in [0.4, 0.5) is 5.69 Å². The summed E-state index contributed by atoms with van der Waals surface area (Å²) in [4.78, 5) is 13.9. The molecule has 0 aliphatic rings. The number of carbonyl (C=O) groups is 1. The third-order valence-electron chi connectivity index (χ3n) is 2.62. The van der Waals surface area contributed by atoms with Crippen LogP contribution >= 0.6 is 0 Å². The van der Waals surface area contributed by atoms with Crippen molar-refractivity contribution in [1.29, 1.82) is 0 Å². The molecule has 0 unspecified atom stereocenters. The van der Waals surface area contributed by atoms with Gasteiger partial charge in [0, 0.05) is 18.7 Å². The quantitative estimate of drug-likeness (QED) is 0.742. The van der Waals surface area contributed by atoms with Crippen molar-refractivity contribution in [3.8, 4) is 0 Å². The summed E-state index contributed by atoms with van der Waals surface area (Å²) in [6, 6.07) is 9.87. The summed E-state index contributed by atoms with van der Waals surface area (Å²) in [5.74, 6) is 0.806. The van der Waals surface area contributed by atoms with Gasteiger partial charge in [-0.15, -0.1) is 0 Å². The minimum Gasteiger partial charge on any atom is -0.313 e. The van der Waals surface area contributed by atoms with Crippen molar-refractivity contribution in [2.24, 2.45) is 5.92 Å². The lowest BCUT2D eigenvalue weighted by Gasteiger charge is -2.21. The third kappa shape index (κ3) is 3.69. The van der Waals surface area contributed by atoms with E-state index >= 15 is 0 Å². The zero-order valence-corrected chi connectivity index (χ0v) is 10.4. The topological polar surface area (TPSA) is 20.3 Å². The highest BCUT2D eigenvalue weighted by Gasteiger charge is 2.13. The lowest BCUT2D eigenvalue weighted by molar-refractivity contribution is -0.118. The average molecular weight is 219 g/mol. The summed E-state index contributed by atoms with van der Waals surface area (Å²) in [6.45, 7) is 7.04. The Hall–Kier alpha value is -1.31. The maximum Gasteiger partial charge on any atom is 0.226 e. The van der Waals surface area contributed by atoms with Crippen LogP contribution < -0.4 is 4.90 Å². The summed E-state index contributed by atoms with van der Waals surface area (Å²) in [5, 5.41) is 0. The number of nitrogens with zero attached hydrogens (tertiary/aromatic N) is 1. The molecule has 0 saturated heterocycles. The van der Waals surface area contributed by atoms with E-state index in [1.807, 2.05) is 42.2 Å². The second-order valence-electron chi connectivity index (χ2n) is 4.41. The Labute approximate surface area is 98.3 Å². The maximum atomic E-state index is 12.0. The largest absolute Gasteiger partial charge is 0.313 e. The molecule has 1 aromatic carbocycles. The molecule has 0 bridgehead atoms. The lowest BCUT2D eigenvalue weighted by atomic mass is 10.1. The van der Waals surface area contributed by atoms with E-state index < -0.39 is 0 Å². The molecule has 0 saturated carbocycles. The van der Waals surface area contributed by atoms with Crippen molar-refractivity contribution in [1.82, 2.24) is 0 Å². The van der Waals surface area contributed by atoms with E-state index in [0.29, 0.717) is 12.3 Å². The first kappa shape index (κ1) is 12.8. The van der Waals surface area contributed by atoms with Gasteiger partial charge in [0.15, 0.2) is 0 Å². The summed E-state index contributed by atoms with van der Waals surface area (Å²) in [7, 11) is 0. The Morgan fingerprint density at radius 2 is 1.88 bits per heavy atom. The van der Waals surface area contributed by atoms with Crippen LogP contribution in [0.15, 0.2) is 30.3 Å². The molecule has 2 nitrogen and oxygen atoms in total. The van der Waals surface area contributed by atoms with E-state index in [2.05, 4.69) is 13.8 Å². The minimum absolute atomic E-state index is 0.224. The van der Waals surface area contributed by atoms with E-state index in [1.165, 1.54) is 0 Å². The van der Waals surface area contributed by atoms with Gasteiger partial charge in [-0.1, -0.05) is 32.0 Å². The molecule has 0 heterocycles. The monoisotopic (exact) mass is 219 g/mol. The van der Waals surface area contributed by atoms with Gasteiger partial charge in [-0.05, 0) is 31.4 Å². The van der Waals surface area contributed by atoms with Gasteiger partial charge in [0.2, 0.25) is 5.91 Å². The number of benzene rings is 1. The molecule has 0 aliphatic carbocycles. The molecule has 0 spiro atoms. The molecule has 0 aromatic heterocycles.